The van der Waals surface area contributed by atoms with Gasteiger partial charge in [-0.1, -0.05) is 0 Å². The number of carbonyl (C=O) groups is 1. The molecule has 1 aromatic heterocycles. The Morgan fingerprint density at radius 1 is 1.23 bits per heavy atom. The predicted octanol–water partition coefficient (Wildman–Crippen LogP) is 3.68. The average Bonchev–Trinajstić information content (AvgIpc) is 2.86. The van der Waals surface area contributed by atoms with Gasteiger partial charge in [-0.2, -0.15) is 36.0 Å². The van der Waals surface area contributed by atoms with E-state index >= 15 is 0 Å². The maximum Gasteiger partial charge on any atom is 0.453 e. The lowest BCUT2D eigenvalue weighted by molar-refractivity contribution is -0.144. The Bertz CT molecular complexity index is 844. The molecule has 0 aliphatic rings. The maximum absolute atomic E-state index is 14.1. The van der Waals surface area contributed by atoms with E-state index in [-0.39, 0.29) is 5.56 Å². The van der Waals surface area contributed by atoms with Crippen molar-refractivity contribution in [2.24, 2.45) is 0 Å². The molecule has 0 bridgehead atoms. The van der Waals surface area contributed by atoms with Crippen molar-refractivity contribution in [1.29, 1.82) is 0 Å². The summed E-state index contributed by atoms with van der Waals surface area (Å²) >= 11 is 5.52. The number of nitrogens with one attached hydrogen (secondary N) is 1. The van der Waals surface area contributed by atoms with Crippen molar-refractivity contribution < 1.29 is 35.5 Å². The van der Waals surface area contributed by atoms with Gasteiger partial charge in [-0.05, 0) is 36.2 Å². The summed E-state index contributed by atoms with van der Waals surface area (Å²) < 4.78 is 88.8. The average molecular weight is 405 g/mol. The Hall–Kier alpha value is -2.37. The highest BCUT2D eigenvalue weighted by atomic mass is 35.5. The van der Waals surface area contributed by atoms with Crippen molar-refractivity contribution in [2.45, 2.75) is 19.3 Å². The molecular weight excluding hydrogens is 397 g/mol. The molecule has 0 aliphatic heterocycles. The smallest absolute Gasteiger partial charge is 0.343 e. The molecule has 142 valence electrons. The van der Waals surface area contributed by atoms with Gasteiger partial charge >= 0.3 is 12.4 Å². The summed E-state index contributed by atoms with van der Waals surface area (Å²) in [7, 11) is 0. The fraction of sp³-hybridized carbons (Fsp3) is 0.308. The van der Waals surface area contributed by atoms with Gasteiger partial charge in [0.1, 0.15) is 18.0 Å². The van der Waals surface area contributed by atoms with E-state index in [1.165, 1.54) is 6.92 Å². The van der Waals surface area contributed by atoms with Gasteiger partial charge in [0, 0.05) is 5.56 Å². The monoisotopic (exact) mass is 404 g/mol. The van der Waals surface area contributed by atoms with Gasteiger partial charge in [-0.25, -0.2) is 4.39 Å². The number of nitrogens with zero attached hydrogens (tertiary/aromatic N) is 3. The SMILES string of the molecule is Cc1cc(F)c(-n2nc(C(F)(F)F)nc2Cl)cc1C(=O)NCC(F)(F)F. The molecule has 0 fully saturated rings. The molecule has 0 saturated carbocycles. The van der Waals surface area contributed by atoms with E-state index < -0.39 is 53.0 Å². The fourth-order valence-electron chi connectivity index (χ4n) is 1.91. The Kier molecular flexibility index (Phi) is 5.17. The van der Waals surface area contributed by atoms with Crippen LogP contribution in [-0.4, -0.2) is 33.4 Å². The van der Waals surface area contributed by atoms with Crippen molar-refractivity contribution in [3.05, 3.63) is 40.2 Å². The molecule has 1 aromatic carbocycles. The molecule has 1 N–H and O–H groups in total. The van der Waals surface area contributed by atoms with Crippen LogP contribution in [0.4, 0.5) is 30.7 Å². The standard InChI is InChI=1S/C13H8ClF7N4O/c1-5-2-7(15)8(3-6(5)9(26)22-4-12(16,17)18)25-11(14)23-10(24-25)13(19,20)21/h2-3H,4H2,1H3,(H,22,26). The van der Waals surface area contributed by atoms with E-state index in [1.54, 1.807) is 5.32 Å². The Labute approximate surface area is 145 Å². The van der Waals surface area contributed by atoms with Crippen molar-refractivity contribution >= 4 is 17.5 Å². The Morgan fingerprint density at radius 2 is 1.85 bits per heavy atom. The van der Waals surface area contributed by atoms with Crippen LogP contribution in [0.15, 0.2) is 12.1 Å². The lowest BCUT2D eigenvalue weighted by Gasteiger charge is -2.12. The maximum atomic E-state index is 14.1. The molecule has 0 spiro atoms. The van der Waals surface area contributed by atoms with Crippen LogP contribution in [0.25, 0.3) is 5.69 Å². The minimum Gasteiger partial charge on any atom is -0.343 e. The molecule has 0 atom stereocenters. The van der Waals surface area contributed by atoms with Crippen LogP contribution in [0, 0.1) is 12.7 Å². The first-order valence-corrected chi connectivity index (χ1v) is 7.02. The summed E-state index contributed by atoms with van der Waals surface area (Å²) in [5.41, 5.74) is -1.12. The number of carbonyl (C=O) groups excluding carboxylic acids is 1. The zero-order chi connectivity index (χ0) is 19.9. The van der Waals surface area contributed by atoms with E-state index in [1.807, 2.05) is 0 Å². The second-order valence-electron chi connectivity index (χ2n) is 5.03. The number of hydrogen-bond acceptors (Lipinski definition) is 3. The highest BCUT2D eigenvalue weighted by molar-refractivity contribution is 6.28. The zero-order valence-electron chi connectivity index (χ0n) is 12.6. The lowest BCUT2D eigenvalue weighted by atomic mass is 10.1. The number of aromatic nitrogens is 3. The van der Waals surface area contributed by atoms with Crippen molar-refractivity contribution in [1.82, 2.24) is 20.1 Å². The largest absolute Gasteiger partial charge is 0.453 e. The number of hydrogen-bond donors (Lipinski definition) is 1. The van der Waals surface area contributed by atoms with Crippen LogP contribution < -0.4 is 5.32 Å². The topological polar surface area (TPSA) is 59.8 Å². The number of alkyl halides is 6. The highest BCUT2D eigenvalue weighted by Gasteiger charge is 2.37. The molecular formula is C13H8ClF7N4O. The normalized spacial score (nSPS) is 12.3. The molecule has 13 heteroatoms. The minimum atomic E-state index is -4.96. The van der Waals surface area contributed by atoms with Crippen LogP contribution in [0.1, 0.15) is 21.7 Å². The van der Waals surface area contributed by atoms with E-state index in [2.05, 4.69) is 10.1 Å². The summed E-state index contributed by atoms with van der Waals surface area (Å²) in [5, 5.41) is 3.76. The van der Waals surface area contributed by atoms with Crippen LogP contribution in [0.5, 0.6) is 0 Å². The molecule has 0 unspecified atom stereocenters. The first kappa shape index (κ1) is 19.9. The quantitative estimate of drug-likeness (QED) is 0.794. The second kappa shape index (κ2) is 6.74. The first-order chi connectivity index (χ1) is 11.8. The number of rotatable bonds is 3. The zero-order valence-corrected chi connectivity index (χ0v) is 13.4. The number of amides is 1. The predicted molar refractivity (Wildman–Crippen MR) is 74.5 cm³/mol. The molecule has 1 amide bonds. The lowest BCUT2D eigenvalue weighted by Crippen LogP contribution is -2.34. The molecule has 1 heterocycles. The molecule has 0 saturated heterocycles. The van der Waals surface area contributed by atoms with Crippen LogP contribution in [-0.2, 0) is 6.18 Å². The van der Waals surface area contributed by atoms with Gasteiger partial charge in [0.25, 0.3) is 11.7 Å². The summed E-state index contributed by atoms with van der Waals surface area (Å²) in [4.78, 5) is 14.8. The van der Waals surface area contributed by atoms with Gasteiger partial charge < -0.3 is 5.32 Å². The Morgan fingerprint density at radius 3 is 2.35 bits per heavy atom. The molecule has 0 radical (unpaired) electrons. The summed E-state index contributed by atoms with van der Waals surface area (Å²) in [6.07, 6.45) is -9.63. The van der Waals surface area contributed by atoms with E-state index in [0.29, 0.717) is 4.68 Å². The van der Waals surface area contributed by atoms with Crippen LogP contribution in [0.2, 0.25) is 5.28 Å². The van der Waals surface area contributed by atoms with E-state index in [0.717, 1.165) is 12.1 Å². The fourth-order valence-corrected chi connectivity index (χ4v) is 2.12. The third-order valence-electron chi connectivity index (χ3n) is 3.04. The van der Waals surface area contributed by atoms with Gasteiger partial charge in [0.05, 0.1) is 0 Å². The van der Waals surface area contributed by atoms with Gasteiger partial charge in [0.2, 0.25) is 5.28 Å². The summed E-state index contributed by atoms with van der Waals surface area (Å²) in [6.45, 7) is -0.403. The van der Waals surface area contributed by atoms with Gasteiger partial charge in [-0.15, -0.1) is 5.10 Å². The first-order valence-electron chi connectivity index (χ1n) is 6.65. The van der Waals surface area contributed by atoms with Crippen LogP contribution >= 0.6 is 11.6 Å². The molecule has 2 aromatic rings. The Balaban J connectivity index is 2.46. The van der Waals surface area contributed by atoms with Gasteiger partial charge in [0.15, 0.2) is 0 Å². The van der Waals surface area contributed by atoms with Crippen molar-refractivity contribution in [2.75, 3.05) is 6.54 Å². The number of aryl methyl sites for hydroxylation is 1. The molecule has 2 rings (SSSR count). The van der Waals surface area contributed by atoms with Gasteiger partial charge in [-0.3, -0.25) is 4.79 Å². The summed E-state index contributed by atoms with van der Waals surface area (Å²) in [5.74, 6) is -3.95. The third kappa shape index (κ3) is 4.42. The number of halogens is 8. The minimum absolute atomic E-state index is 0.0433. The van der Waals surface area contributed by atoms with E-state index in [9.17, 15) is 35.5 Å². The van der Waals surface area contributed by atoms with Crippen molar-refractivity contribution in [3.63, 3.8) is 0 Å². The second-order valence-corrected chi connectivity index (χ2v) is 5.37. The van der Waals surface area contributed by atoms with E-state index in [4.69, 9.17) is 11.6 Å². The van der Waals surface area contributed by atoms with Crippen LogP contribution in [0.3, 0.4) is 0 Å². The molecule has 26 heavy (non-hydrogen) atoms. The highest BCUT2D eigenvalue weighted by Crippen LogP contribution is 2.29. The molecule has 0 aliphatic carbocycles. The van der Waals surface area contributed by atoms with Crippen molar-refractivity contribution in [3.8, 4) is 5.69 Å². The number of benzene rings is 1. The molecule has 5 nitrogen and oxygen atoms in total. The third-order valence-corrected chi connectivity index (χ3v) is 3.28. The summed E-state index contributed by atoms with van der Waals surface area (Å²) in [6, 6.07) is 1.49.